The minimum atomic E-state index is -3.92. The van der Waals surface area contributed by atoms with Gasteiger partial charge in [-0.1, -0.05) is 35.0 Å². The quantitative estimate of drug-likeness (QED) is 0.814. The first kappa shape index (κ1) is 16.0. The van der Waals surface area contributed by atoms with Crippen LogP contribution in [0.15, 0.2) is 51.8 Å². The zero-order valence-corrected chi connectivity index (χ0v) is 14.1. The largest absolute Gasteiger partial charge is 0.269 e. The number of nitrogens with zero attached hydrogens (tertiary/aromatic N) is 1. The molecule has 2 aromatic rings. The average Bonchev–Trinajstić information content (AvgIpc) is 2.46. The fourth-order valence-corrected chi connectivity index (χ4v) is 3.49. The fraction of sp³-hybridized carbons (Fsp3) is 0.200. The molecule has 0 bridgehead atoms. The van der Waals surface area contributed by atoms with Crippen molar-refractivity contribution in [1.82, 2.24) is 0 Å². The van der Waals surface area contributed by atoms with Crippen molar-refractivity contribution < 1.29 is 12.8 Å². The smallest absolute Gasteiger partial charge is 0.266 e. The number of halogens is 2. The van der Waals surface area contributed by atoms with E-state index in [-0.39, 0.29) is 4.90 Å². The summed E-state index contributed by atoms with van der Waals surface area (Å²) in [7, 11) is -2.51. The van der Waals surface area contributed by atoms with Gasteiger partial charge in [0.05, 0.1) is 5.69 Å². The number of hydrogen-bond acceptors (Lipinski definition) is 2. The maximum Gasteiger partial charge on any atom is 0.266 e. The van der Waals surface area contributed by atoms with E-state index < -0.39 is 15.8 Å². The highest BCUT2D eigenvalue weighted by Crippen LogP contribution is 2.26. The van der Waals surface area contributed by atoms with Gasteiger partial charge in [0.25, 0.3) is 10.0 Å². The van der Waals surface area contributed by atoms with Gasteiger partial charge >= 0.3 is 0 Å². The highest BCUT2D eigenvalue weighted by molar-refractivity contribution is 9.10. The molecule has 2 rings (SSSR count). The Hall–Kier alpha value is -1.40. The molecule has 0 spiro atoms. The summed E-state index contributed by atoms with van der Waals surface area (Å²) in [6.07, 6.45) is 0.873. The number of anilines is 1. The lowest BCUT2D eigenvalue weighted by Gasteiger charge is -2.20. The van der Waals surface area contributed by atoms with Gasteiger partial charge in [-0.15, -0.1) is 0 Å². The Labute approximate surface area is 132 Å². The van der Waals surface area contributed by atoms with Gasteiger partial charge < -0.3 is 0 Å². The van der Waals surface area contributed by atoms with Crippen LogP contribution in [-0.4, -0.2) is 15.5 Å². The summed E-state index contributed by atoms with van der Waals surface area (Å²) in [5.74, 6) is -0.776. The van der Waals surface area contributed by atoms with Gasteiger partial charge in [0.1, 0.15) is 10.7 Å². The van der Waals surface area contributed by atoms with Crippen molar-refractivity contribution in [2.24, 2.45) is 0 Å². The normalized spacial score (nSPS) is 11.4. The molecular formula is C15H15BrFNO2S. The topological polar surface area (TPSA) is 37.4 Å². The molecule has 0 saturated heterocycles. The molecule has 6 heteroatoms. The van der Waals surface area contributed by atoms with Crippen LogP contribution < -0.4 is 4.31 Å². The summed E-state index contributed by atoms with van der Waals surface area (Å²) >= 11 is 3.11. The predicted octanol–water partition coefficient (Wildman–Crippen LogP) is 3.98. The minimum Gasteiger partial charge on any atom is -0.269 e. The van der Waals surface area contributed by atoms with Gasteiger partial charge in [-0.05, 0) is 42.3 Å². The Balaban J connectivity index is 2.42. The van der Waals surface area contributed by atoms with Crippen molar-refractivity contribution in [3.8, 4) is 0 Å². The lowest BCUT2D eigenvalue weighted by atomic mass is 10.1. The molecule has 3 nitrogen and oxygen atoms in total. The molecule has 0 atom stereocenters. The van der Waals surface area contributed by atoms with Gasteiger partial charge in [-0.3, -0.25) is 4.31 Å². The maximum absolute atomic E-state index is 13.9. The molecule has 0 radical (unpaired) electrons. The second-order valence-electron chi connectivity index (χ2n) is 4.57. The lowest BCUT2D eigenvalue weighted by molar-refractivity contribution is 0.565. The van der Waals surface area contributed by atoms with Crippen molar-refractivity contribution in [3.63, 3.8) is 0 Å². The molecule has 0 aromatic heterocycles. The third kappa shape index (κ3) is 3.27. The Morgan fingerprint density at radius 2 is 1.76 bits per heavy atom. The number of aryl methyl sites for hydroxylation is 1. The SMILES string of the molecule is CCc1ccc(N(C)S(=O)(=O)c2ccc(Br)cc2F)cc1. The second kappa shape index (κ2) is 6.15. The van der Waals surface area contributed by atoms with Crippen LogP contribution in [0.2, 0.25) is 0 Å². The van der Waals surface area contributed by atoms with E-state index in [1.165, 1.54) is 19.2 Å². The van der Waals surface area contributed by atoms with Gasteiger partial charge in [-0.2, -0.15) is 0 Å². The zero-order valence-electron chi connectivity index (χ0n) is 11.7. The van der Waals surface area contributed by atoms with E-state index in [2.05, 4.69) is 15.9 Å². The average molecular weight is 372 g/mol. The molecule has 0 aliphatic carbocycles. The van der Waals surface area contributed by atoms with Crippen LogP contribution in [0.3, 0.4) is 0 Å². The lowest BCUT2D eigenvalue weighted by Crippen LogP contribution is -2.27. The number of sulfonamides is 1. The number of benzene rings is 2. The maximum atomic E-state index is 13.9. The Bertz CT molecular complexity index is 745. The monoisotopic (exact) mass is 371 g/mol. The van der Waals surface area contributed by atoms with E-state index in [4.69, 9.17) is 0 Å². The van der Waals surface area contributed by atoms with Crippen LogP contribution in [0.25, 0.3) is 0 Å². The van der Waals surface area contributed by atoms with Crippen LogP contribution in [0.5, 0.6) is 0 Å². The predicted molar refractivity (Wildman–Crippen MR) is 85.5 cm³/mol. The van der Waals surface area contributed by atoms with E-state index in [1.54, 1.807) is 12.1 Å². The Kier molecular flexibility index (Phi) is 4.68. The Morgan fingerprint density at radius 3 is 2.29 bits per heavy atom. The minimum absolute atomic E-state index is 0.340. The highest BCUT2D eigenvalue weighted by Gasteiger charge is 2.24. The van der Waals surface area contributed by atoms with Crippen LogP contribution in [0.4, 0.5) is 10.1 Å². The first-order valence-corrected chi connectivity index (χ1v) is 8.62. The molecule has 0 aliphatic rings. The molecule has 0 fully saturated rings. The van der Waals surface area contributed by atoms with Crippen molar-refractivity contribution in [2.75, 3.05) is 11.4 Å². The molecule has 0 heterocycles. The summed E-state index contributed by atoms with van der Waals surface area (Å²) in [6.45, 7) is 2.02. The van der Waals surface area contributed by atoms with Crippen LogP contribution >= 0.6 is 15.9 Å². The molecule has 0 amide bonds. The van der Waals surface area contributed by atoms with Crippen LogP contribution in [-0.2, 0) is 16.4 Å². The van der Waals surface area contributed by atoms with Crippen molar-refractivity contribution in [2.45, 2.75) is 18.2 Å². The van der Waals surface area contributed by atoms with E-state index in [0.29, 0.717) is 10.2 Å². The third-order valence-corrected chi connectivity index (χ3v) is 5.55. The highest BCUT2D eigenvalue weighted by atomic mass is 79.9. The summed E-state index contributed by atoms with van der Waals surface area (Å²) < 4.78 is 40.5. The van der Waals surface area contributed by atoms with Gasteiger partial charge in [0, 0.05) is 11.5 Å². The van der Waals surface area contributed by atoms with Gasteiger partial charge in [0.15, 0.2) is 0 Å². The molecule has 0 aliphatic heterocycles. The van der Waals surface area contributed by atoms with Crippen molar-refractivity contribution in [1.29, 1.82) is 0 Å². The zero-order chi connectivity index (χ0) is 15.6. The van der Waals surface area contributed by atoms with E-state index >= 15 is 0 Å². The molecule has 0 saturated carbocycles. The van der Waals surface area contributed by atoms with E-state index in [1.807, 2.05) is 19.1 Å². The van der Waals surface area contributed by atoms with Crippen molar-refractivity contribution >= 4 is 31.6 Å². The molecular weight excluding hydrogens is 357 g/mol. The second-order valence-corrected chi connectivity index (χ2v) is 7.42. The summed E-state index contributed by atoms with van der Waals surface area (Å²) in [5.41, 5.74) is 1.61. The molecule has 112 valence electrons. The molecule has 2 aromatic carbocycles. The van der Waals surface area contributed by atoms with Gasteiger partial charge in [-0.25, -0.2) is 12.8 Å². The molecule has 0 unspecified atom stereocenters. The summed E-state index contributed by atoms with van der Waals surface area (Å²) in [6, 6.07) is 11.1. The molecule has 21 heavy (non-hydrogen) atoms. The fourth-order valence-electron chi connectivity index (χ4n) is 1.91. The summed E-state index contributed by atoms with van der Waals surface area (Å²) in [5, 5.41) is 0. The van der Waals surface area contributed by atoms with Gasteiger partial charge in [0.2, 0.25) is 0 Å². The first-order valence-electron chi connectivity index (χ1n) is 6.39. The first-order chi connectivity index (χ1) is 9.86. The van der Waals surface area contributed by atoms with E-state index in [9.17, 15) is 12.8 Å². The standard InChI is InChI=1S/C15H15BrFNO2S/c1-3-11-4-7-13(8-5-11)18(2)21(19,20)15-9-6-12(16)10-14(15)17/h4-10H,3H2,1-2H3. The molecule has 0 N–H and O–H groups in total. The van der Waals surface area contributed by atoms with E-state index in [0.717, 1.165) is 22.4 Å². The number of rotatable bonds is 4. The third-order valence-electron chi connectivity index (χ3n) is 3.24. The van der Waals surface area contributed by atoms with Crippen LogP contribution in [0.1, 0.15) is 12.5 Å². The number of hydrogen-bond donors (Lipinski definition) is 0. The summed E-state index contributed by atoms with van der Waals surface area (Å²) in [4.78, 5) is -0.340. The Morgan fingerprint density at radius 1 is 1.14 bits per heavy atom. The van der Waals surface area contributed by atoms with Crippen LogP contribution in [0, 0.1) is 5.82 Å². The van der Waals surface area contributed by atoms with Crippen molar-refractivity contribution in [3.05, 3.63) is 58.3 Å².